The SMILES string of the molecule is Cc1cccc(S(=O)(=O)NC2(C(=O)O)CCOC2)c1. The Kier molecular flexibility index (Phi) is 3.62. The van der Waals surface area contributed by atoms with Crippen molar-refractivity contribution in [1.29, 1.82) is 0 Å². The van der Waals surface area contributed by atoms with E-state index in [1.165, 1.54) is 12.1 Å². The minimum absolute atomic E-state index is 0.0556. The minimum atomic E-state index is -3.88. The molecular weight excluding hydrogens is 270 g/mol. The average molecular weight is 285 g/mol. The molecule has 0 saturated carbocycles. The van der Waals surface area contributed by atoms with Gasteiger partial charge in [-0.3, -0.25) is 4.79 Å². The number of hydrogen-bond acceptors (Lipinski definition) is 4. The maximum Gasteiger partial charge on any atom is 0.327 e. The van der Waals surface area contributed by atoms with Gasteiger partial charge in [-0.05, 0) is 24.6 Å². The van der Waals surface area contributed by atoms with Crippen LogP contribution < -0.4 is 4.72 Å². The van der Waals surface area contributed by atoms with E-state index in [9.17, 15) is 18.3 Å². The summed E-state index contributed by atoms with van der Waals surface area (Å²) in [4.78, 5) is 11.3. The summed E-state index contributed by atoms with van der Waals surface area (Å²) >= 11 is 0. The molecule has 0 aromatic heterocycles. The number of carboxylic acids is 1. The summed E-state index contributed by atoms with van der Waals surface area (Å²) in [5.41, 5.74) is -0.780. The van der Waals surface area contributed by atoms with E-state index in [1.54, 1.807) is 19.1 Å². The largest absolute Gasteiger partial charge is 0.480 e. The van der Waals surface area contributed by atoms with Crippen molar-refractivity contribution in [2.75, 3.05) is 13.2 Å². The van der Waals surface area contributed by atoms with Crippen LogP contribution in [0.3, 0.4) is 0 Å². The molecule has 0 radical (unpaired) electrons. The minimum Gasteiger partial charge on any atom is -0.480 e. The predicted molar refractivity (Wildman–Crippen MR) is 67.3 cm³/mol. The number of benzene rings is 1. The molecule has 1 aromatic rings. The van der Waals surface area contributed by atoms with Crippen molar-refractivity contribution in [2.24, 2.45) is 0 Å². The molecule has 0 amide bonds. The van der Waals surface area contributed by atoms with Crippen LogP contribution in [-0.2, 0) is 19.6 Å². The molecule has 1 unspecified atom stereocenters. The smallest absolute Gasteiger partial charge is 0.327 e. The van der Waals surface area contributed by atoms with Crippen molar-refractivity contribution < 1.29 is 23.1 Å². The maximum absolute atomic E-state index is 12.2. The summed E-state index contributed by atoms with van der Waals surface area (Å²) in [5.74, 6) is -1.22. The van der Waals surface area contributed by atoms with E-state index < -0.39 is 21.5 Å². The van der Waals surface area contributed by atoms with E-state index in [4.69, 9.17) is 4.74 Å². The molecule has 0 bridgehead atoms. The summed E-state index contributed by atoms with van der Waals surface area (Å²) in [6.45, 7) is 1.83. The monoisotopic (exact) mass is 285 g/mol. The topological polar surface area (TPSA) is 92.7 Å². The first kappa shape index (κ1) is 14.0. The highest BCUT2D eigenvalue weighted by Gasteiger charge is 2.46. The Morgan fingerprint density at radius 3 is 2.74 bits per heavy atom. The van der Waals surface area contributed by atoms with Crippen molar-refractivity contribution in [3.63, 3.8) is 0 Å². The third kappa shape index (κ3) is 2.78. The number of sulfonamides is 1. The first-order valence-electron chi connectivity index (χ1n) is 5.78. The van der Waals surface area contributed by atoms with Gasteiger partial charge < -0.3 is 9.84 Å². The Morgan fingerprint density at radius 2 is 2.21 bits per heavy atom. The van der Waals surface area contributed by atoms with Gasteiger partial charge >= 0.3 is 5.97 Å². The zero-order chi connectivity index (χ0) is 14.1. The van der Waals surface area contributed by atoms with Gasteiger partial charge in [-0.25, -0.2) is 8.42 Å². The maximum atomic E-state index is 12.2. The van der Waals surface area contributed by atoms with Crippen LogP contribution >= 0.6 is 0 Å². The van der Waals surface area contributed by atoms with Crippen molar-refractivity contribution in [2.45, 2.75) is 23.8 Å². The molecule has 1 aromatic carbocycles. The molecular formula is C12H15NO5S. The quantitative estimate of drug-likeness (QED) is 0.841. The summed E-state index contributed by atoms with van der Waals surface area (Å²) in [7, 11) is -3.88. The molecule has 1 aliphatic heterocycles. The van der Waals surface area contributed by atoms with Crippen LogP contribution in [0.4, 0.5) is 0 Å². The number of nitrogens with one attached hydrogen (secondary N) is 1. The second kappa shape index (κ2) is 4.92. The van der Waals surface area contributed by atoms with E-state index >= 15 is 0 Å². The lowest BCUT2D eigenvalue weighted by Crippen LogP contribution is -2.54. The lowest BCUT2D eigenvalue weighted by Gasteiger charge is -2.23. The van der Waals surface area contributed by atoms with Gasteiger partial charge in [0, 0.05) is 13.0 Å². The highest BCUT2D eigenvalue weighted by atomic mass is 32.2. The Morgan fingerprint density at radius 1 is 1.47 bits per heavy atom. The van der Waals surface area contributed by atoms with E-state index in [0.717, 1.165) is 5.56 Å². The number of ether oxygens (including phenoxy) is 1. The molecule has 1 aliphatic rings. The van der Waals surface area contributed by atoms with Gasteiger partial charge in [-0.15, -0.1) is 0 Å². The molecule has 1 heterocycles. The van der Waals surface area contributed by atoms with Crippen LogP contribution in [0.2, 0.25) is 0 Å². The molecule has 2 rings (SSSR count). The fourth-order valence-electron chi connectivity index (χ4n) is 1.96. The molecule has 19 heavy (non-hydrogen) atoms. The number of carbonyl (C=O) groups is 1. The van der Waals surface area contributed by atoms with Gasteiger partial charge in [0.15, 0.2) is 5.54 Å². The second-order valence-electron chi connectivity index (χ2n) is 4.61. The van der Waals surface area contributed by atoms with E-state index in [-0.39, 0.29) is 24.5 Å². The normalized spacial score (nSPS) is 23.4. The molecule has 1 saturated heterocycles. The number of rotatable bonds is 4. The molecule has 0 spiro atoms. The lowest BCUT2D eigenvalue weighted by molar-refractivity contribution is -0.144. The number of aliphatic carboxylic acids is 1. The van der Waals surface area contributed by atoms with Crippen LogP contribution in [0.1, 0.15) is 12.0 Å². The van der Waals surface area contributed by atoms with E-state index in [1.807, 2.05) is 0 Å². The van der Waals surface area contributed by atoms with Crippen molar-refractivity contribution >= 4 is 16.0 Å². The van der Waals surface area contributed by atoms with Crippen molar-refractivity contribution in [3.05, 3.63) is 29.8 Å². The van der Waals surface area contributed by atoms with Gasteiger partial charge in [0.05, 0.1) is 11.5 Å². The molecule has 0 aliphatic carbocycles. The summed E-state index contributed by atoms with van der Waals surface area (Å²) < 4.78 is 31.7. The van der Waals surface area contributed by atoms with Crippen LogP contribution in [-0.4, -0.2) is 38.2 Å². The molecule has 1 fully saturated rings. The van der Waals surface area contributed by atoms with Gasteiger partial charge in [-0.2, -0.15) is 4.72 Å². The fourth-order valence-corrected chi connectivity index (χ4v) is 3.44. The zero-order valence-corrected chi connectivity index (χ0v) is 11.2. The first-order chi connectivity index (χ1) is 8.86. The zero-order valence-electron chi connectivity index (χ0n) is 10.4. The third-order valence-corrected chi connectivity index (χ3v) is 4.59. The Bertz CT molecular complexity index is 590. The predicted octanol–water partition coefficient (Wildman–Crippen LogP) is 0.517. The lowest BCUT2D eigenvalue weighted by atomic mass is 10.0. The van der Waals surface area contributed by atoms with Crippen LogP contribution in [0.25, 0.3) is 0 Å². The van der Waals surface area contributed by atoms with Gasteiger partial charge in [0.2, 0.25) is 10.0 Å². The van der Waals surface area contributed by atoms with Crippen LogP contribution in [0, 0.1) is 6.92 Å². The Labute approximate surface area is 111 Å². The van der Waals surface area contributed by atoms with E-state index in [0.29, 0.717) is 0 Å². The van der Waals surface area contributed by atoms with Crippen LogP contribution in [0.5, 0.6) is 0 Å². The number of carboxylic acid groups (broad SMARTS) is 1. The van der Waals surface area contributed by atoms with Gasteiger partial charge in [0.25, 0.3) is 0 Å². The second-order valence-corrected chi connectivity index (χ2v) is 6.29. The fraction of sp³-hybridized carbons (Fsp3) is 0.417. The molecule has 104 valence electrons. The van der Waals surface area contributed by atoms with Crippen LogP contribution in [0.15, 0.2) is 29.2 Å². The highest BCUT2D eigenvalue weighted by Crippen LogP contribution is 2.22. The highest BCUT2D eigenvalue weighted by molar-refractivity contribution is 7.89. The van der Waals surface area contributed by atoms with E-state index in [2.05, 4.69) is 4.72 Å². The number of aryl methyl sites for hydroxylation is 1. The number of hydrogen-bond donors (Lipinski definition) is 2. The van der Waals surface area contributed by atoms with Crippen molar-refractivity contribution in [1.82, 2.24) is 4.72 Å². The summed E-state index contributed by atoms with van der Waals surface area (Å²) in [6, 6.07) is 6.31. The third-order valence-electron chi connectivity index (χ3n) is 3.06. The van der Waals surface area contributed by atoms with Gasteiger partial charge in [0.1, 0.15) is 0 Å². The summed E-state index contributed by atoms with van der Waals surface area (Å²) in [5, 5.41) is 9.22. The molecule has 1 atom stereocenters. The first-order valence-corrected chi connectivity index (χ1v) is 7.26. The van der Waals surface area contributed by atoms with Crippen molar-refractivity contribution in [3.8, 4) is 0 Å². The molecule has 7 heteroatoms. The average Bonchev–Trinajstić information content (AvgIpc) is 2.78. The summed E-state index contributed by atoms with van der Waals surface area (Å²) in [6.07, 6.45) is 0.118. The standard InChI is InChI=1S/C12H15NO5S/c1-9-3-2-4-10(7-9)19(16,17)13-12(11(14)15)5-6-18-8-12/h2-4,7,13H,5-6,8H2,1H3,(H,14,15). The van der Waals surface area contributed by atoms with Gasteiger partial charge in [-0.1, -0.05) is 12.1 Å². The molecule has 2 N–H and O–H groups in total. The molecule has 6 nitrogen and oxygen atoms in total. The Balaban J connectivity index is 2.33. The Hall–Kier alpha value is -1.44.